The van der Waals surface area contributed by atoms with Crippen molar-refractivity contribution >= 4 is 40.8 Å². The zero-order chi connectivity index (χ0) is 17.6. The predicted molar refractivity (Wildman–Crippen MR) is 96.7 cm³/mol. The Morgan fingerprint density at radius 1 is 1.36 bits per heavy atom. The van der Waals surface area contributed by atoms with Gasteiger partial charge in [0.25, 0.3) is 4.84 Å². The molecule has 7 heteroatoms. The molecule has 1 aliphatic heterocycles. The first kappa shape index (κ1) is 16.3. The van der Waals surface area contributed by atoms with Crippen molar-refractivity contribution in [1.82, 2.24) is 9.88 Å². The topological polar surface area (TPSA) is 78.3 Å². The molecule has 2 fully saturated rings. The maximum Gasteiger partial charge on any atom is 0.266 e. The van der Waals surface area contributed by atoms with Crippen LogP contribution in [0.15, 0.2) is 22.6 Å². The van der Waals surface area contributed by atoms with Crippen LogP contribution in [0.2, 0.25) is 0 Å². The Morgan fingerprint density at radius 2 is 2.16 bits per heavy atom. The summed E-state index contributed by atoms with van der Waals surface area (Å²) in [6.07, 6.45) is 3.59. The highest BCUT2D eigenvalue weighted by Crippen LogP contribution is 2.40. The van der Waals surface area contributed by atoms with Gasteiger partial charge in [-0.25, -0.2) is 0 Å². The summed E-state index contributed by atoms with van der Waals surface area (Å²) in [4.78, 5) is 30.4. The molecule has 6 nitrogen and oxygen atoms in total. The van der Waals surface area contributed by atoms with Gasteiger partial charge in [-0.15, -0.1) is 0 Å². The minimum Gasteiger partial charge on any atom is -0.429 e. The fourth-order valence-corrected chi connectivity index (χ4v) is 3.80. The number of amides is 2. The molecule has 2 aliphatic rings. The van der Waals surface area contributed by atoms with E-state index in [2.05, 4.69) is 17.2 Å². The highest BCUT2D eigenvalue weighted by atomic mass is 32.1. The van der Waals surface area contributed by atoms with Crippen molar-refractivity contribution in [2.45, 2.75) is 38.6 Å². The first-order valence-corrected chi connectivity index (χ1v) is 9.18. The molecule has 2 N–H and O–H groups in total. The lowest BCUT2D eigenvalue weighted by atomic mass is 10.00. The van der Waals surface area contributed by atoms with Gasteiger partial charge in [0.05, 0.1) is 5.52 Å². The second kappa shape index (κ2) is 6.29. The van der Waals surface area contributed by atoms with Gasteiger partial charge in [0.1, 0.15) is 6.04 Å². The highest BCUT2D eigenvalue weighted by Gasteiger charge is 2.44. The number of nitrogens with one attached hydrogen (secondary N) is 2. The Kier molecular flexibility index (Phi) is 4.11. The van der Waals surface area contributed by atoms with Crippen molar-refractivity contribution < 1.29 is 14.0 Å². The van der Waals surface area contributed by atoms with Crippen LogP contribution in [0.25, 0.3) is 11.1 Å². The number of carbonyl (C=O) groups excluding carboxylic acids is 2. The second-order valence-electron chi connectivity index (χ2n) is 7.08. The molecule has 1 aliphatic carbocycles. The van der Waals surface area contributed by atoms with Crippen LogP contribution in [-0.2, 0) is 9.59 Å². The van der Waals surface area contributed by atoms with Crippen LogP contribution in [0, 0.1) is 16.7 Å². The standard InChI is InChI=1S/C18H21N3O3S/c1-10-8-12(10)17(23)21-7-3-2-4-14(21)16(22)19-11-5-6-13-15(9-11)24-18(25)20-13/h5-6,9-10,12,14H,2-4,7-8H2,1H3,(H,19,22)(H,20,25)/t10-,12-,14-/m1/s1. The number of fused-ring (bicyclic) bond motifs is 1. The number of aromatic amines is 1. The molecule has 4 rings (SSSR count). The summed E-state index contributed by atoms with van der Waals surface area (Å²) in [7, 11) is 0. The second-order valence-corrected chi connectivity index (χ2v) is 7.45. The van der Waals surface area contributed by atoms with E-state index < -0.39 is 0 Å². The minimum absolute atomic E-state index is 0.105. The predicted octanol–water partition coefficient (Wildman–Crippen LogP) is 3.47. The highest BCUT2D eigenvalue weighted by molar-refractivity contribution is 7.71. The zero-order valence-corrected chi connectivity index (χ0v) is 14.9. The van der Waals surface area contributed by atoms with Gasteiger partial charge in [0, 0.05) is 24.2 Å². The lowest BCUT2D eigenvalue weighted by molar-refractivity contribution is -0.141. The van der Waals surface area contributed by atoms with E-state index >= 15 is 0 Å². The number of H-pyrrole nitrogens is 1. The van der Waals surface area contributed by atoms with Gasteiger partial charge >= 0.3 is 0 Å². The van der Waals surface area contributed by atoms with Crippen molar-refractivity contribution in [2.75, 3.05) is 11.9 Å². The number of nitrogens with zero attached hydrogens (tertiary/aromatic N) is 1. The normalized spacial score (nSPS) is 25.8. The van der Waals surface area contributed by atoms with Gasteiger partial charge in [-0.3, -0.25) is 9.59 Å². The van der Waals surface area contributed by atoms with Crippen LogP contribution in [0.3, 0.4) is 0 Å². The van der Waals surface area contributed by atoms with Gasteiger partial charge in [0.2, 0.25) is 11.8 Å². The molecule has 0 spiro atoms. The average molecular weight is 359 g/mol. The van der Waals surface area contributed by atoms with E-state index in [9.17, 15) is 9.59 Å². The molecule has 1 aromatic heterocycles. The van der Waals surface area contributed by atoms with E-state index in [4.69, 9.17) is 16.6 Å². The SMILES string of the molecule is C[C@@H]1C[C@H]1C(=O)N1CCCC[C@@H]1C(=O)Nc1ccc2[nH]c(=S)oc2c1. The summed E-state index contributed by atoms with van der Waals surface area (Å²) in [6, 6.07) is 4.98. The first-order valence-electron chi connectivity index (χ1n) is 8.77. The van der Waals surface area contributed by atoms with Gasteiger partial charge in [0.15, 0.2) is 5.58 Å². The van der Waals surface area contributed by atoms with Gasteiger partial charge in [-0.1, -0.05) is 6.92 Å². The van der Waals surface area contributed by atoms with E-state index in [1.807, 2.05) is 6.07 Å². The lowest BCUT2D eigenvalue weighted by Gasteiger charge is -2.35. The van der Waals surface area contributed by atoms with E-state index in [-0.39, 0.29) is 23.8 Å². The third-order valence-electron chi connectivity index (χ3n) is 5.20. The van der Waals surface area contributed by atoms with Gasteiger partial charge < -0.3 is 19.6 Å². The summed E-state index contributed by atoms with van der Waals surface area (Å²) in [5.74, 6) is 0.561. The average Bonchev–Trinajstić information content (AvgIpc) is 3.21. The molecular weight excluding hydrogens is 338 g/mol. The Hall–Kier alpha value is -2.15. The van der Waals surface area contributed by atoms with Crippen LogP contribution in [0.4, 0.5) is 5.69 Å². The van der Waals surface area contributed by atoms with Crippen LogP contribution in [-0.4, -0.2) is 34.3 Å². The van der Waals surface area contributed by atoms with Crippen LogP contribution >= 0.6 is 12.2 Å². The molecule has 0 unspecified atom stereocenters. The Bertz CT molecular complexity index is 887. The Balaban J connectivity index is 1.51. The first-order chi connectivity index (χ1) is 12.0. The smallest absolute Gasteiger partial charge is 0.266 e. The maximum absolute atomic E-state index is 12.8. The van der Waals surface area contributed by atoms with Crippen LogP contribution in [0.1, 0.15) is 32.6 Å². The molecule has 1 saturated carbocycles. The van der Waals surface area contributed by atoms with E-state index in [0.29, 0.717) is 35.0 Å². The van der Waals surface area contributed by atoms with Gasteiger partial charge in [-0.05, 0) is 56.0 Å². The fraction of sp³-hybridized carbons (Fsp3) is 0.500. The molecule has 0 bridgehead atoms. The van der Waals surface area contributed by atoms with Gasteiger partial charge in [-0.2, -0.15) is 0 Å². The number of oxazole rings is 1. The quantitative estimate of drug-likeness (QED) is 0.823. The fourth-order valence-electron chi connectivity index (χ4n) is 3.60. The molecular formula is C18H21N3O3S. The van der Waals surface area contributed by atoms with Crippen molar-refractivity contribution in [2.24, 2.45) is 11.8 Å². The van der Waals surface area contributed by atoms with Crippen LogP contribution < -0.4 is 5.32 Å². The number of aromatic nitrogens is 1. The molecule has 1 saturated heterocycles. The number of rotatable bonds is 3. The number of benzene rings is 1. The summed E-state index contributed by atoms with van der Waals surface area (Å²) in [5.41, 5.74) is 2.04. The zero-order valence-electron chi connectivity index (χ0n) is 14.1. The van der Waals surface area contributed by atoms with Crippen molar-refractivity contribution in [1.29, 1.82) is 0 Å². The summed E-state index contributed by atoms with van der Waals surface area (Å²) < 4.78 is 5.39. The molecule has 0 radical (unpaired) electrons. The number of hydrogen-bond donors (Lipinski definition) is 2. The van der Waals surface area contributed by atoms with Crippen LogP contribution in [0.5, 0.6) is 0 Å². The Labute approximate surface area is 150 Å². The number of anilines is 1. The molecule has 2 aromatic rings. The van der Waals surface area contributed by atoms with E-state index in [1.54, 1.807) is 17.0 Å². The van der Waals surface area contributed by atoms with Crippen molar-refractivity contribution in [3.05, 3.63) is 23.0 Å². The summed E-state index contributed by atoms with van der Waals surface area (Å²) >= 11 is 4.98. The third-order valence-corrected chi connectivity index (χ3v) is 5.39. The van der Waals surface area contributed by atoms with Crippen molar-refractivity contribution in [3.8, 4) is 0 Å². The van der Waals surface area contributed by atoms with Crippen molar-refractivity contribution in [3.63, 3.8) is 0 Å². The molecule has 132 valence electrons. The largest absolute Gasteiger partial charge is 0.429 e. The van der Waals surface area contributed by atoms with E-state index in [1.165, 1.54) is 0 Å². The molecule has 3 atom stereocenters. The third kappa shape index (κ3) is 3.20. The number of likely N-dealkylation sites (tertiary alicyclic amines) is 1. The molecule has 1 aromatic carbocycles. The molecule has 25 heavy (non-hydrogen) atoms. The number of hydrogen-bond acceptors (Lipinski definition) is 4. The molecule has 2 amide bonds. The monoisotopic (exact) mass is 359 g/mol. The Morgan fingerprint density at radius 3 is 2.92 bits per heavy atom. The summed E-state index contributed by atoms with van der Waals surface area (Å²) in [6.45, 7) is 2.76. The molecule has 2 heterocycles. The maximum atomic E-state index is 12.8. The number of carbonyl (C=O) groups is 2. The minimum atomic E-state index is -0.387. The summed E-state index contributed by atoms with van der Waals surface area (Å²) in [5, 5.41) is 2.93. The van der Waals surface area contributed by atoms with E-state index in [0.717, 1.165) is 24.8 Å². The lowest BCUT2D eigenvalue weighted by Crippen LogP contribution is -2.50. The number of piperidine rings is 1.